The van der Waals surface area contributed by atoms with Crippen molar-refractivity contribution in [3.63, 3.8) is 0 Å². The van der Waals surface area contributed by atoms with Gasteiger partial charge in [0, 0.05) is 0 Å². The number of methoxy groups -OCH3 is 2. The van der Waals surface area contributed by atoms with Gasteiger partial charge in [0.05, 0.1) is 14.2 Å². The SMILES string of the molecule is COc1ccc(C)cc1.COc1ccc(C)cc1.Cc1ccc(C)cc1. The van der Waals surface area contributed by atoms with Gasteiger partial charge in [-0.05, 0) is 52.0 Å². The summed E-state index contributed by atoms with van der Waals surface area (Å²) in [7, 11) is 3.34. The van der Waals surface area contributed by atoms with E-state index in [1.807, 2.05) is 48.5 Å². The predicted octanol–water partition coefficient (Wildman–Crippen LogP) is 6.31. The first-order valence-corrected chi connectivity index (χ1v) is 8.69. The summed E-state index contributed by atoms with van der Waals surface area (Å²) in [6.45, 7) is 8.30. The molecule has 0 atom stereocenters. The third-order valence-corrected chi connectivity index (χ3v) is 3.73. The first-order chi connectivity index (χ1) is 12.4. The quantitative estimate of drug-likeness (QED) is 0.539. The second-order valence-corrected chi connectivity index (χ2v) is 6.19. The van der Waals surface area contributed by atoms with Crippen molar-refractivity contribution >= 4 is 0 Å². The zero-order valence-corrected chi connectivity index (χ0v) is 16.7. The van der Waals surface area contributed by atoms with Crippen molar-refractivity contribution in [3.05, 3.63) is 95.1 Å². The molecule has 3 aromatic rings. The maximum Gasteiger partial charge on any atom is 0.118 e. The summed E-state index contributed by atoms with van der Waals surface area (Å²) in [5.74, 6) is 1.83. The lowest BCUT2D eigenvalue weighted by Crippen LogP contribution is -1.80. The van der Waals surface area contributed by atoms with Crippen LogP contribution < -0.4 is 9.47 Å². The molecule has 0 saturated carbocycles. The minimum absolute atomic E-state index is 0.917. The third kappa shape index (κ3) is 8.93. The zero-order chi connectivity index (χ0) is 19.4. The molecule has 2 nitrogen and oxygen atoms in total. The number of ether oxygens (including phenoxy) is 2. The van der Waals surface area contributed by atoms with Crippen molar-refractivity contribution in [3.8, 4) is 11.5 Å². The average Bonchev–Trinajstić information content (AvgIpc) is 2.66. The monoisotopic (exact) mass is 350 g/mol. The van der Waals surface area contributed by atoms with Crippen LogP contribution in [0.4, 0.5) is 0 Å². The van der Waals surface area contributed by atoms with E-state index in [0.717, 1.165) is 11.5 Å². The standard InChI is InChI=1S/2C8H10O.C8H10/c2*1-7-3-5-8(9-2)6-4-7;1-7-3-5-8(2)6-4-7/h2*3-6H,1-2H3;3-6H,1-2H3. The van der Waals surface area contributed by atoms with Gasteiger partial charge in [0.15, 0.2) is 0 Å². The largest absolute Gasteiger partial charge is 0.497 e. The van der Waals surface area contributed by atoms with Crippen molar-refractivity contribution in [2.75, 3.05) is 14.2 Å². The van der Waals surface area contributed by atoms with Crippen LogP contribution in [0.15, 0.2) is 72.8 Å². The van der Waals surface area contributed by atoms with E-state index >= 15 is 0 Å². The molecule has 26 heavy (non-hydrogen) atoms. The summed E-state index contributed by atoms with van der Waals surface area (Å²) >= 11 is 0. The Hall–Kier alpha value is -2.74. The maximum absolute atomic E-state index is 4.97. The Kier molecular flexibility index (Phi) is 9.63. The molecule has 138 valence electrons. The van der Waals surface area contributed by atoms with Crippen LogP contribution in [0.1, 0.15) is 22.3 Å². The molecule has 0 saturated heterocycles. The van der Waals surface area contributed by atoms with Crippen LogP contribution in [-0.4, -0.2) is 14.2 Å². The Morgan fingerprint density at radius 3 is 0.769 bits per heavy atom. The fourth-order valence-electron chi connectivity index (χ4n) is 1.99. The van der Waals surface area contributed by atoms with Crippen LogP contribution >= 0.6 is 0 Å². The lowest BCUT2D eigenvalue weighted by atomic mass is 10.2. The lowest BCUT2D eigenvalue weighted by molar-refractivity contribution is 0.414. The molecule has 0 aliphatic carbocycles. The highest BCUT2D eigenvalue weighted by molar-refractivity contribution is 5.26. The third-order valence-electron chi connectivity index (χ3n) is 3.73. The van der Waals surface area contributed by atoms with Crippen molar-refractivity contribution in [2.24, 2.45) is 0 Å². The van der Waals surface area contributed by atoms with Gasteiger partial charge in [-0.25, -0.2) is 0 Å². The van der Waals surface area contributed by atoms with Crippen molar-refractivity contribution in [2.45, 2.75) is 27.7 Å². The molecule has 0 heterocycles. The second-order valence-electron chi connectivity index (χ2n) is 6.19. The first-order valence-electron chi connectivity index (χ1n) is 8.69. The molecule has 0 aromatic heterocycles. The molecule has 0 fully saturated rings. The number of benzene rings is 3. The van der Waals surface area contributed by atoms with Gasteiger partial charge >= 0.3 is 0 Å². The Labute approximate surface area is 158 Å². The van der Waals surface area contributed by atoms with Crippen LogP contribution in [0.3, 0.4) is 0 Å². The van der Waals surface area contributed by atoms with Crippen molar-refractivity contribution in [1.29, 1.82) is 0 Å². The molecule has 0 N–H and O–H groups in total. The molecular formula is C24H30O2. The van der Waals surface area contributed by atoms with Crippen molar-refractivity contribution in [1.82, 2.24) is 0 Å². The average molecular weight is 351 g/mol. The van der Waals surface area contributed by atoms with Gasteiger partial charge < -0.3 is 9.47 Å². The fourth-order valence-corrected chi connectivity index (χ4v) is 1.99. The number of hydrogen-bond acceptors (Lipinski definition) is 2. The van der Waals surface area contributed by atoms with Crippen LogP contribution in [-0.2, 0) is 0 Å². The molecule has 0 radical (unpaired) electrons. The highest BCUT2D eigenvalue weighted by Gasteiger charge is 1.86. The number of aryl methyl sites for hydroxylation is 4. The Balaban J connectivity index is 0.000000195. The minimum atomic E-state index is 0.917. The summed E-state index contributed by atoms with van der Waals surface area (Å²) in [5, 5.41) is 0. The summed E-state index contributed by atoms with van der Waals surface area (Å²) in [5.41, 5.74) is 5.18. The molecule has 0 unspecified atom stereocenters. The minimum Gasteiger partial charge on any atom is -0.497 e. The van der Waals surface area contributed by atoms with Crippen LogP contribution in [0.2, 0.25) is 0 Å². The van der Waals surface area contributed by atoms with Gasteiger partial charge in [0.25, 0.3) is 0 Å². The van der Waals surface area contributed by atoms with Crippen LogP contribution in [0.5, 0.6) is 11.5 Å². The summed E-state index contributed by atoms with van der Waals surface area (Å²) in [6, 6.07) is 24.4. The van der Waals surface area contributed by atoms with Gasteiger partial charge in [-0.2, -0.15) is 0 Å². The van der Waals surface area contributed by atoms with E-state index in [1.54, 1.807) is 14.2 Å². The van der Waals surface area contributed by atoms with E-state index in [0.29, 0.717) is 0 Å². The lowest BCUT2D eigenvalue weighted by Gasteiger charge is -1.97. The molecule has 3 rings (SSSR count). The molecule has 0 aliphatic heterocycles. The molecule has 0 amide bonds. The van der Waals surface area contributed by atoms with Gasteiger partial charge in [0.2, 0.25) is 0 Å². The predicted molar refractivity (Wildman–Crippen MR) is 111 cm³/mol. The van der Waals surface area contributed by atoms with E-state index in [9.17, 15) is 0 Å². The smallest absolute Gasteiger partial charge is 0.118 e. The van der Waals surface area contributed by atoms with Gasteiger partial charge in [-0.15, -0.1) is 0 Å². The van der Waals surface area contributed by atoms with E-state index in [1.165, 1.54) is 22.3 Å². The number of rotatable bonds is 2. The molecular weight excluding hydrogens is 320 g/mol. The molecule has 2 heteroatoms. The fraction of sp³-hybridized carbons (Fsp3) is 0.250. The maximum atomic E-state index is 4.97. The first kappa shape index (κ1) is 21.3. The summed E-state index contributed by atoms with van der Waals surface area (Å²) in [4.78, 5) is 0. The van der Waals surface area contributed by atoms with Gasteiger partial charge in [0.1, 0.15) is 11.5 Å². The Morgan fingerprint density at radius 2 is 0.577 bits per heavy atom. The zero-order valence-electron chi connectivity index (χ0n) is 16.7. The molecule has 0 aliphatic rings. The normalized spacial score (nSPS) is 9.15. The highest BCUT2D eigenvalue weighted by Crippen LogP contribution is 2.10. The van der Waals surface area contributed by atoms with Crippen LogP contribution in [0.25, 0.3) is 0 Å². The van der Waals surface area contributed by atoms with Gasteiger partial charge in [-0.1, -0.05) is 70.8 Å². The Bertz CT molecular complexity index is 660. The summed E-state index contributed by atoms with van der Waals surface area (Å²) in [6.07, 6.45) is 0. The Morgan fingerprint density at radius 1 is 0.385 bits per heavy atom. The second kappa shape index (κ2) is 11.8. The van der Waals surface area contributed by atoms with Gasteiger partial charge in [-0.3, -0.25) is 0 Å². The van der Waals surface area contributed by atoms with E-state index in [4.69, 9.17) is 9.47 Å². The van der Waals surface area contributed by atoms with Crippen LogP contribution in [0, 0.1) is 27.7 Å². The molecule has 0 spiro atoms. The van der Waals surface area contributed by atoms with E-state index < -0.39 is 0 Å². The topological polar surface area (TPSA) is 18.5 Å². The molecule has 3 aromatic carbocycles. The van der Waals surface area contributed by atoms with E-state index in [-0.39, 0.29) is 0 Å². The summed E-state index contributed by atoms with van der Waals surface area (Å²) < 4.78 is 9.94. The highest BCUT2D eigenvalue weighted by atomic mass is 16.5. The van der Waals surface area contributed by atoms with Crippen molar-refractivity contribution < 1.29 is 9.47 Å². The van der Waals surface area contributed by atoms with E-state index in [2.05, 4.69) is 52.0 Å². The number of hydrogen-bond donors (Lipinski definition) is 0. The molecule has 0 bridgehead atoms.